The van der Waals surface area contributed by atoms with Crippen LogP contribution in [-0.2, 0) is 0 Å². The maximum absolute atomic E-state index is 9.79. The molecule has 0 fully saturated rings. The van der Waals surface area contributed by atoms with E-state index in [2.05, 4.69) is 45.9 Å². The molecule has 1 N–H and O–H groups in total. The molecule has 0 aromatic carbocycles. The van der Waals surface area contributed by atoms with Crippen molar-refractivity contribution >= 4 is 11.8 Å². The summed E-state index contributed by atoms with van der Waals surface area (Å²) >= 11 is 1.95. The SMILES string of the molecule is CC1=CC(O)CC(SCC2C(C)C=CC2C(C)C)=C1. The Balaban J connectivity index is 1.93. The van der Waals surface area contributed by atoms with Gasteiger partial charge in [-0.25, -0.2) is 0 Å². The summed E-state index contributed by atoms with van der Waals surface area (Å²) in [5.74, 6) is 4.04. The Labute approximate surface area is 121 Å². The largest absolute Gasteiger partial charge is 0.389 e. The molecule has 4 unspecified atom stereocenters. The maximum atomic E-state index is 9.79. The first-order chi connectivity index (χ1) is 8.97. The Hall–Kier alpha value is -0.470. The van der Waals surface area contributed by atoms with Crippen molar-refractivity contribution in [1.29, 1.82) is 0 Å². The lowest BCUT2D eigenvalue weighted by Gasteiger charge is -2.27. The minimum absolute atomic E-state index is 0.285. The topological polar surface area (TPSA) is 20.2 Å². The Morgan fingerprint density at radius 3 is 2.74 bits per heavy atom. The molecule has 2 aliphatic rings. The van der Waals surface area contributed by atoms with Crippen LogP contribution in [0.1, 0.15) is 34.1 Å². The van der Waals surface area contributed by atoms with Crippen LogP contribution >= 0.6 is 11.8 Å². The van der Waals surface area contributed by atoms with Gasteiger partial charge >= 0.3 is 0 Å². The number of aliphatic hydroxyl groups is 1. The van der Waals surface area contributed by atoms with Crippen molar-refractivity contribution in [2.75, 3.05) is 5.75 Å². The van der Waals surface area contributed by atoms with E-state index >= 15 is 0 Å². The third kappa shape index (κ3) is 3.76. The number of aliphatic hydroxyl groups excluding tert-OH is 1. The smallest absolute Gasteiger partial charge is 0.0771 e. The number of rotatable bonds is 4. The molecular weight excluding hydrogens is 252 g/mol. The van der Waals surface area contributed by atoms with Crippen molar-refractivity contribution in [2.45, 2.75) is 40.2 Å². The Kier molecular flexibility index (Phi) is 4.97. The van der Waals surface area contributed by atoms with Gasteiger partial charge in [0, 0.05) is 12.2 Å². The summed E-state index contributed by atoms with van der Waals surface area (Å²) in [6.45, 7) is 9.04. The van der Waals surface area contributed by atoms with Crippen molar-refractivity contribution in [3.8, 4) is 0 Å². The summed E-state index contributed by atoms with van der Waals surface area (Å²) in [7, 11) is 0. The van der Waals surface area contributed by atoms with Gasteiger partial charge in [0.05, 0.1) is 6.10 Å². The van der Waals surface area contributed by atoms with Gasteiger partial charge in [0.15, 0.2) is 0 Å². The highest BCUT2D eigenvalue weighted by molar-refractivity contribution is 8.03. The molecule has 0 aromatic heterocycles. The number of hydrogen-bond donors (Lipinski definition) is 1. The zero-order valence-corrected chi connectivity index (χ0v) is 13.3. The van der Waals surface area contributed by atoms with Crippen LogP contribution < -0.4 is 0 Å². The lowest BCUT2D eigenvalue weighted by atomic mass is 9.84. The normalized spacial score (nSPS) is 34.6. The van der Waals surface area contributed by atoms with Crippen LogP contribution in [0.15, 0.2) is 34.8 Å². The first kappa shape index (κ1) is 14.9. The van der Waals surface area contributed by atoms with Gasteiger partial charge in [0.25, 0.3) is 0 Å². The molecule has 2 rings (SSSR count). The van der Waals surface area contributed by atoms with Crippen LogP contribution in [0.2, 0.25) is 0 Å². The molecule has 106 valence electrons. The number of hydrogen-bond acceptors (Lipinski definition) is 2. The molecule has 0 saturated carbocycles. The second-order valence-electron chi connectivity index (χ2n) is 6.33. The van der Waals surface area contributed by atoms with Crippen LogP contribution in [0.5, 0.6) is 0 Å². The van der Waals surface area contributed by atoms with Crippen LogP contribution in [0.25, 0.3) is 0 Å². The summed E-state index contributed by atoms with van der Waals surface area (Å²) in [5, 5.41) is 9.79. The van der Waals surface area contributed by atoms with Gasteiger partial charge in [-0.05, 0) is 41.6 Å². The van der Waals surface area contributed by atoms with E-state index in [-0.39, 0.29) is 6.10 Å². The minimum atomic E-state index is -0.285. The average Bonchev–Trinajstić information content (AvgIpc) is 2.67. The number of thioether (sulfide) groups is 1. The molecule has 1 nitrogen and oxygen atoms in total. The van der Waals surface area contributed by atoms with E-state index in [1.54, 1.807) is 0 Å². The van der Waals surface area contributed by atoms with Crippen LogP contribution in [0.4, 0.5) is 0 Å². The Bertz CT molecular complexity index is 405. The fourth-order valence-corrected chi connectivity index (χ4v) is 4.64. The van der Waals surface area contributed by atoms with E-state index in [1.807, 2.05) is 17.8 Å². The zero-order valence-electron chi connectivity index (χ0n) is 12.5. The number of allylic oxidation sites excluding steroid dienone is 4. The summed E-state index contributed by atoms with van der Waals surface area (Å²) in [4.78, 5) is 1.34. The molecule has 0 bridgehead atoms. The third-order valence-electron chi connectivity index (χ3n) is 4.29. The predicted octanol–water partition coefficient (Wildman–Crippen LogP) is 4.41. The molecule has 2 aliphatic carbocycles. The Morgan fingerprint density at radius 2 is 2.11 bits per heavy atom. The molecule has 0 aliphatic heterocycles. The van der Waals surface area contributed by atoms with E-state index in [9.17, 15) is 5.11 Å². The van der Waals surface area contributed by atoms with Gasteiger partial charge in [-0.15, -0.1) is 11.8 Å². The fourth-order valence-electron chi connectivity index (χ4n) is 3.15. The van der Waals surface area contributed by atoms with Crippen molar-refractivity contribution in [2.24, 2.45) is 23.7 Å². The monoisotopic (exact) mass is 278 g/mol. The molecule has 0 spiro atoms. The van der Waals surface area contributed by atoms with Gasteiger partial charge < -0.3 is 5.11 Å². The molecule has 0 amide bonds. The summed E-state index contributed by atoms with van der Waals surface area (Å²) in [6, 6.07) is 0. The van der Waals surface area contributed by atoms with Crippen molar-refractivity contribution in [3.05, 3.63) is 34.8 Å². The van der Waals surface area contributed by atoms with E-state index < -0.39 is 0 Å². The van der Waals surface area contributed by atoms with E-state index in [0.29, 0.717) is 11.8 Å². The molecule has 0 heterocycles. The third-order valence-corrected chi connectivity index (χ3v) is 5.50. The van der Waals surface area contributed by atoms with Crippen molar-refractivity contribution < 1.29 is 5.11 Å². The highest BCUT2D eigenvalue weighted by Crippen LogP contribution is 2.40. The van der Waals surface area contributed by atoms with E-state index in [1.165, 1.54) is 16.2 Å². The zero-order chi connectivity index (χ0) is 14.0. The first-order valence-corrected chi connectivity index (χ1v) is 8.34. The molecule has 2 heteroatoms. The van der Waals surface area contributed by atoms with Gasteiger partial charge in [-0.3, -0.25) is 0 Å². The van der Waals surface area contributed by atoms with Crippen LogP contribution in [-0.4, -0.2) is 17.0 Å². The average molecular weight is 278 g/mol. The second-order valence-corrected chi connectivity index (χ2v) is 7.48. The van der Waals surface area contributed by atoms with Gasteiger partial charge in [0.1, 0.15) is 0 Å². The highest BCUT2D eigenvalue weighted by atomic mass is 32.2. The van der Waals surface area contributed by atoms with Crippen LogP contribution in [0, 0.1) is 23.7 Å². The van der Waals surface area contributed by atoms with Crippen molar-refractivity contribution in [1.82, 2.24) is 0 Å². The molecule has 19 heavy (non-hydrogen) atoms. The molecule has 0 saturated heterocycles. The summed E-state index contributed by atoms with van der Waals surface area (Å²) < 4.78 is 0. The quantitative estimate of drug-likeness (QED) is 0.769. The Morgan fingerprint density at radius 1 is 1.37 bits per heavy atom. The van der Waals surface area contributed by atoms with Gasteiger partial charge in [-0.2, -0.15) is 0 Å². The molecule has 0 aromatic rings. The molecule has 0 radical (unpaired) electrons. The lowest BCUT2D eigenvalue weighted by molar-refractivity contribution is 0.223. The fraction of sp³-hybridized carbons (Fsp3) is 0.647. The lowest BCUT2D eigenvalue weighted by Crippen LogP contribution is -2.21. The van der Waals surface area contributed by atoms with Crippen molar-refractivity contribution in [3.63, 3.8) is 0 Å². The first-order valence-electron chi connectivity index (χ1n) is 7.35. The highest BCUT2D eigenvalue weighted by Gasteiger charge is 2.31. The predicted molar refractivity (Wildman–Crippen MR) is 85.0 cm³/mol. The van der Waals surface area contributed by atoms with E-state index in [0.717, 1.165) is 18.3 Å². The maximum Gasteiger partial charge on any atom is 0.0771 e. The summed E-state index contributed by atoms with van der Waals surface area (Å²) in [5.41, 5.74) is 1.19. The summed E-state index contributed by atoms with van der Waals surface area (Å²) in [6.07, 6.45) is 9.48. The molecule has 4 atom stereocenters. The van der Waals surface area contributed by atoms with Gasteiger partial charge in [-0.1, -0.05) is 44.6 Å². The van der Waals surface area contributed by atoms with Gasteiger partial charge in [0.2, 0.25) is 0 Å². The standard InChI is InChI=1S/C17H26OS/c1-11(2)16-6-5-13(4)17(16)10-19-15-8-12(3)7-14(18)9-15/h5-8,11,13-14,16-18H,9-10H2,1-4H3. The second kappa shape index (κ2) is 6.32. The van der Waals surface area contributed by atoms with E-state index in [4.69, 9.17) is 0 Å². The van der Waals surface area contributed by atoms with Crippen LogP contribution in [0.3, 0.4) is 0 Å². The molecular formula is C17H26OS. The minimum Gasteiger partial charge on any atom is -0.389 e.